The summed E-state index contributed by atoms with van der Waals surface area (Å²) in [5, 5.41) is 2.96. The number of benzene rings is 2. The van der Waals surface area contributed by atoms with Crippen LogP contribution in [0.3, 0.4) is 0 Å². The summed E-state index contributed by atoms with van der Waals surface area (Å²) in [5.41, 5.74) is 3.00. The van der Waals surface area contributed by atoms with E-state index in [-0.39, 0.29) is 24.2 Å². The molecule has 2 aromatic carbocycles. The van der Waals surface area contributed by atoms with Crippen molar-refractivity contribution < 1.29 is 17.9 Å². The molecule has 0 aliphatic heterocycles. The van der Waals surface area contributed by atoms with Crippen molar-refractivity contribution in [3.63, 3.8) is 0 Å². The maximum atomic E-state index is 12.8. The molecule has 1 aliphatic rings. The first-order valence-corrected chi connectivity index (χ1v) is 10.8. The highest BCUT2D eigenvalue weighted by Gasteiger charge is 2.26. The first-order valence-electron chi connectivity index (χ1n) is 8.72. The minimum atomic E-state index is -3.06. The highest BCUT2D eigenvalue weighted by molar-refractivity contribution is 7.90. The van der Waals surface area contributed by atoms with Crippen LogP contribution in [0, 0.1) is 0 Å². The molecule has 26 heavy (non-hydrogen) atoms. The van der Waals surface area contributed by atoms with Crippen molar-refractivity contribution in [3.8, 4) is 5.75 Å². The minimum Gasteiger partial charge on any atom is -0.492 e. The zero-order chi connectivity index (χ0) is 18.6. The standard InChI is InChI=1S/C20H23NO4S/c1-26(23,24)13-12-25-17-9-5-8-16(14-17)21-20(22)19-11-4-7-15-6-2-3-10-18(15)19/h2-3,5-6,8-10,14,19H,4,7,11-13H2,1H3,(H,21,22)/t19-/m1/s1. The lowest BCUT2D eigenvalue weighted by Crippen LogP contribution is -2.24. The molecule has 0 saturated heterocycles. The van der Waals surface area contributed by atoms with E-state index < -0.39 is 9.84 Å². The SMILES string of the molecule is CS(=O)(=O)CCOc1cccc(NC(=O)[C@@H]2CCCc3ccccc32)c1. The van der Waals surface area contributed by atoms with E-state index in [9.17, 15) is 13.2 Å². The fraction of sp³-hybridized carbons (Fsp3) is 0.350. The van der Waals surface area contributed by atoms with Gasteiger partial charge in [-0.1, -0.05) is 30.3 Å². The highest BCUT2D eigenvalue weighted by atomic mass is 32.2. The van der Waals surface area contributed by atoms with Gasteiger partial charge in [-0.15, -0.1) is 0 Å². The molecule has 0 unspecified atom stereocenters. The molecule has 0 radical (unpaired) electrons. The van der Waals surface area contributed by atoms with E-state index in [4.69, 9.17) is 4.74 Å². The summed E-state index contributed by atoms with van der Waals surface area (Å²) in [6.07, 6.45) is 4.04. The molecule has 1 amide bonds. The monoisotopic (exact) mass is 373 g/mol. The largest absolute Gasteiger partial charge is 0.492 e. The van der Waals surface area contributed by atoms with Gasteiger partial charge in [0.25, 0.3) is 0 Å². The second-order valence-corrected chi connectivity index (χ2v) is 8.90. The number of anilines is 1. The molecule has 0 fully saturated rings. The maximum Gasteiger partial charge on any atom is 0.231 e. The van der Waals surface area contributed by atoms with Gasteiger partial charge in [0.2, 0.25) is 5.91 Å². The van der Waals surface area contributed by atoms with E-state index >= 15 is 0 Å². The molecular formula is C20H23NO4S. The molecule has 0 saturated carbocycles. The van der Waals surface area contributed by atoms with Crippen LogP contribution in [-0.4, -0.2) is 32.9 Å². The lowest BCUT2D eigenvalue weighted by molar-refractivity contribution is -0.117. The summed E-state index contributed by atoms with van der Waals surface area (Å²) in [5.74, 6) is 0.332. The Balaban J connectivity index is 1.66. The molecule has 138 valence electrons. The Morgan fingerprint density at radius 1 is 1.19 bits per heavy atom. The lowest BCUT2D eigenvalue weighted by atomic mass is 9.82. The molecule has 0 bridgehead atoms. The lowest BCUT2D eigenvalue weighted by Gasteiger charge is -2.24. The number of nitrogens with one attached hydrogen (secondary N) is 1. The number of ether oxygens (including phenoxy) is 1. The van der Waals surface area contributed by atoms with Crippen LogP contribution in [-0.2, 0) is 21.1 Å². The second-order valence-electron chi connectivity index (χ2n) is 6.64. The van der Waals surface area contributed by atoms with Gasteiger partial charge < -0.3 is 10.1 Å². The van der Waals surface area contributed by atoms with Gasteiger partial charge in [0.15, 0.2) is 9.84 Å². The molecule has 1 atom stereocenters. The first-order chi connectivity index (χ1) is 12.4. The van der Waals surface area contributed by atoms with Crippen LogP contribution >= 0.6 is 0 Å². The summed E-state index contributed by atoms with van der Waals surface area (Å²) in [4.78, 5) is 12.8. The topological polar surface area (TPSA) is 72.5 Å². The van der Waals surface area contributed by atoms with E-state index in [1.54, 1.807) is 24.3 Å². The summed E-state index contributed by atoms with van der Waals surface area (Å²) >= 11 is 0. The number of carbonyl (C=O) groups is 1. The Hall–Kier alpha value is -2.34. The van der Waals surface area contributed by atoms with Gasteiger partial charge in [-0.3, -0.25) is 4.79 Å². The van der Waals surface area contributed by atoms with Crippen LogP contribution in [0.4, 0.5) is 5.69 Å². The Labute approximate surface area is 154 Å². The third kappa shape index (κ3) is 4.85. The number of sulfone groups is 1. The van der Waals surface area contributed by atoms with Gasteiger partial charge in [0.1, 0.15) is 12.4 Å². The van der Waals surface area contributed by atoms with E-state index in [2.05, 4.69) is 11.4 Å². The molecule has 1 N–H and O–H groups in total. The molecule has 3 rings (SSSR count). The van der Waals surface area contributed by atoms with Crippen LogP contribution in [0.25, 0.3) is 0 Å². The van der Waals surface area contributed by atoms with Crippen molar-refractivity contribution in [2.75, 3.05) is 23.9 Å². The molecular weight excluding hydrogens is 350 g/mol. The Morgan fingerprint density at radius 3 is 2.81 bits per heavy atom. The van der Waals surface area contributed by atoms with Crippen LogP contribution in [0.15, 0.2) is 48.5 Å². The Bertz CT molecular complexity index is 892. The summed E-state index contributed by atoms with van der Waals surface area (Å²) in [6, 6.07) is 15.1. The average Bonchev–Trinajstić information content (AvgIpc) is 2.60. The smallest absolute Gasteiger partial charge is 0.231 e. The van der Waals surface area contributed by atoms with Gasteiger partial charge in [-0.25, -0.2) is 8.42 Å². The number of carbonyl (C=O) groups excluding carboxylic acids is 1. The van der Waals surface area contributed by atoms with Gasteiger partial charge in [0.05, 0.1) is 11.7 Å². The maximum absolute atomic E-state index is 12.8. The number of hydrogen-bond acceptors (Lipinski definition) is 4. The van der Waals surface area contributed by atoms with Crippen molar-refractivity contribution in [2.45, 2.75) is 25.2 Å². The van der Waals surface area contributed by atoms with Gasteiger partial charge in [-0.2, -0.15) is 0 Å². The predicted molar refractivity (Wildman–Crippen MR) is 102 cm³/mol. The third-order valence-electron chi connectivity index (χ3n) is 4.51. The number of rotatable bonds is 6. The molecule has 0 spiro atoms. The van der Waals surface area contributed by atoms with Gasteiger partial charge in [-0.05, 0) is 42.5 Å². The second kappa shape index (κ2) is 7.91. The number of amides is 1. The molecule has 6 heteroatoms. The minimum absolute atomic E-state index is 0.0227. The zero-order valence-corrected chi connectivity index (χ0v) is 15.6. The highest BCUT2D eigenvalue weighted by Crippen LogP contribution is 2.32. The third-order valence-corrected chi connectivity index (χ3v) is 5.42. The molecule has 0 heterocycles. The Morgan fingerprint density at radius 2 is 2.00 bits per heavy atom. The zero-order valence-electron chi connectivity index (χ0n) is 14.8. The number of aryl methyl sites for hydroxylation is 1. The van der Waals surface area contributed by atoms with E-state index in [1.165, 1.54) is 11.8 Å². The van der Waals surface area contributed by atoms with E-state index in [1.807, 2.05) is 18.2 Å². The van der Waals surface area contributed by atoms with Crippen LogP contribution in [0.5, 0.6) is 5.75 Å². The van der Waals surface area contributed by atoms with Gasteiger partial charge in [0, 0.05) is 18.0 Å². The van der Waals surface area contributed by atoms with Crippen molar-refractivity contribution in [1.82, 2.24) is 0 Å². The summed E-state index contributed by atoms with van der Waals surface area (Å²) < 4.78 is 27.8. The van der Waals surface area contributed by atoms with Crippen LogP contribution in [0.2, 0.25) is 0 Å². The van der Waals surface area contributed by atoms with Crippen molar-refractivity contribution in [2.24, 2.45) is 0 Å². The van der Waals surface area contributed by atoms with Crippen molar-refractivity contribution in [1.29, 1.82) is 0 Å². The number of fused-ring (bicyclic) bond motifs is 1. The van der Waals surface area contributed by atoms with E-state index in [0.717, 1.165) is 24.8 Å². The summed E-state index contributed by atoms with van der Waals surface area (Å²) in [6.45, 7) is 0.0895. The normalized spacial score (nSPS) is 16.6. The van der Waals surface area contributed by atoms with Crippen molar-refractivity contribution >= 4 is 21.4 Å². The molecule has 1 aliphatic carbocycles. The van der Waals surface area contributed by atoms with Crippen molar-refractivity contribution in [3.05, 3.63) is 59.7 Å². The molecule has 2 aromatic rings. The average molecular weight is 373 g/mol. The van der Waals surface area contributed by atoms with E-state index in [0.29, 0.717) is 11.4 Å². The van der Waals surface area contributed by atoms with Gasteiger partial charge >= 0.3 is 0 Å². The molecule has 0 aromatic heterocycles. The first kappa shape index (κ1) is 18.5. The summed E-state index contributed by atoms with van der Waals surface area (Å²) in [7, 11) is -3.06. The fourth-order valence-corrected chi connectivity index (χ4v) is 3.62. The van der Waals surface area contributed by atoms with Crippen LogP contribution < -0.4 is 10.1 Å². The quantitative estimate of drug-likeness (QED) is 0.844. The Kier molecular flexibility index (Phi) is 5.61. The molecule has 5 nitrogen and oxygen atoms in total. The fourth-order valence-electron chi connectivity index (χ4n) is 3.23. The number of hydrogen-bond donors (Lipinski definition) is 1. The van der Waals surface area contributed by atoms with Crippen LogP contribution in [0.1, 0.15) is 29.9 Å². The predicted octanol–water partition coefficient (Wildman–Crippen LogP) is 3.17.